The second kappa shape index (κ2) is 3.35. The van der Waals surface area contributed by atoms with Gasteiger partial charge in [0.05, 0.1) is 6.10 Å². The predicted molar refractivity (Wildman–Crippen MR) is 43.7 cm³/mol. The first kappa shape index (κ1) is 9.92. The summed E-state index contributed by atoms with van der Waals surface area (Å²) in [5.74, 6) is 0. The quantitative estimate of drug-likeness (QED) is 0.612. The van der Waals surface area contributed by atoms with Crippen molar-refractivity contribution in [1.82, 2.24) is 0 Å². The second-order valence-corrected chi connectivity index (χ2v) is 3.88. The van der Waals surface area contributed by atoms with Gasteiger partial charge in [-0.05, 0) is 11.8 Å². The van der Waals surface area contributed by atoms with E-state index in [2.05, 4.69) is 0 Å². The Morgan fingerprint density at radius 2 is 1.80 bits per heavy atom. The molecule has 2 nitrogen and oxygen atoms in total. The molecule has 0 unspecified atom stereocenters. The van der Waals surface area contributed by atoms with Gasteiger partial charge in [-0.3, -0.25) is 0 Å². The molecule has 0 aliphatic rings. The van der Waals surface area contributed by atoms with Gasteiger partial charge in [0.25, 0.3) is 0 Å². The Balaban J connectivity index is 3.94. The molecule has 0 saturated heterocycles. The fourth-order valence-electron chi connectivity index (χ4n) is 0.865. The standard InChI is InChI=1S/C8H19NO/c1-5-6(9)7(10)8(2,3)4/h6-7,10H,5,9H2,1-4H3/t6-,7-/m1/s1. The van der Waals surface area contributed by atoms with Crippen LogP contribution in [-0.2, 0) is 0 Å². The summed E-state index contributed by atoms with van der Waals surface area (Å²) in [4.78, 5) is 0. The number of nitrogens with two attached hydrogens (primary N) is 1. The van der Waals surface area contributed by atoms with Gasteiger partial charge in [0, 0.05) is 6.04 Å². The molecule has 0 aromatic heterocycles. The summed E-state index contributed by atoms with van der Waals surface area (Å²) in [5, 5.41) is 9.53. The third-order valence-corrected chi connectivity index (χ3v) is 1.76. The van der Waals surface area contributed by atoms with Crippen LogP contribution < -0.4 is 5.73 Å². The molecule has 0 aromatic rings. The van der Waals surface area contributed by atoms with Gasteiger partial charge in [-0.25, -0.2) is 0 Å². The zero-order valence-electron chi connectivity index (χ0n) is 7.39. The van der Waals surface area contributed by atoms with Gasteiger partial charge in [0.2, 0.25) is 0 Å². The highest BCUT2D eigenvalue weighted by Gasteiger charge is 2.26. The molecule has 0 amide bonds. The first-order valence-electron chi connectivity index (χ1n) is 3.83. The molecule has 0 fully saturated rings. The third-order valence-electron chi connectivity index (χ3n) is 1.76. The maximum absolute atomic E-state index is 9.53. The van der Waals surface area contributed by atoms with Crippen LogP contribution in [0, 0.1) is 5.41 Å². The van der Waals surface area contributed by atoms with Crippen LogP contribution in [0.2, 0.25) is 0 Å². The summed E-state index contributed by atoms with van der Waals surface area (Å²) >= 11 is 0. The Labute approximate surface area is 63.4 Å². The Morgan fingerprint density at radius 3 is 1.90 bits per heavy atom. The van der Waals surface area contributed by atoms with Crippen molar-refractivity contribution >= 4 is 0 Å². The van der Waals surface area contributed by atoms with Gasteiger partial charge < -0.3 is 10.8 Å². The van der Waals surface area contributed by atoms with Crippen molar-refractivity contribution < 1.29 is 5.11 Å². The average molecular weight is 145 g/mol. The Bertz CT molecular complexity index is 95.9. The van der Waals surface area contributed by atoms with Crippen molar-refractivity contribution in [1.29, 1.82) is 0 Å². The Morgan fingerprint density at radius 1 is 1.40 bits per heavy atom. The van der Waals surface area contributed by atoms with Crippen LogP contribution >= 0.6 is 0 Å². The zero-order chi connectivity index (χ0) is 8.36. The molecular weight excluding hydrogens is 126 g/mol. The van der Waals surface area contributed by atoms with E-state index in [1.165, 1.54) is 0 Å². The van der Waals surface area contributed by atoms with E-state index >= 15 is 0 Å². The van der Waals surface area contributed by atoms with E-state index in [0.29, 0.717) is 0 Å². The SMILES string of the molecule is CC[C@@H](N)[C@@H](O)C(C)(C)C. The normalized spacial score (nSPS) is 18.6. The van der Waals surface area contributed by atoms with Gasteiger partial charge in [0.15, 0.2) is 0 Å². The predicted octanol–water partition coefficient (Wildman–Crippen LogP) is 1.13. The Hall–Kier alpha value is -0.0800. The molecule has 0 aromatic carbocycles. The van der Waals surface area contributed by atoms with Crippen LogP contribution in [0.5, 0.6) is 0 Å². The van der Waals surface area contributed by atoms with E-state index in [1.807, 2.05) is 27.7 Å². The molecule has 0 aliphatic heterocycles. The van der Waals surface area contributed by atoms with Crippen molar-refractivity contribution in [3.8, 4) is 0 Å². The van der Waals surface area contributed by atoms with Gasteiger partial charge in [-0.1, -0.05) is 27.7 Å². The summed E-state index contributed by atoms with van der Waals surface area (Å²) in [6.45, 7) is 7.97. The highest BCUT2D eigenvalue weighted by Crippen LogP contribution is 2.21. The topological polar surface area (TPSA) is 46.2 Å². The Kier molecular flexibility index (Phi) is 3.33. The van der Waals surface area contributed by atoms with Crippen LogP contribution in [0.3, 0.4) is 0 Å². The van der Waals surface area contributed by atoms with Crippen molar-refractivity contribution in [3.63, 3.8) is 0 Å². The van der Waals surface area contributed by atoms with Crippen molar-refractivity contribution in [2.45, 2.75) is 46.3 Å². The average Bonchev–Trinajstić information content (AvgIpc) is 1.83. The van der Waals surface area contributed by atoms with Gasteiger partial charge in [-0.2, -0.15) is 0 Å². The van der Waals surface area contributed by atoms with Gasteiger partial charge >= 0.3 is 0 Å². The van der Waals surface area contributed by atoms with Crippen molar-refractivity contribution in [3.05, 3.63) is 0 Å². The number of hydrogen-bond donors (Lipinski definition) is 2. The molecule has 0 bridgehead atoms. The first-order valence-corrected chi connectivity index (χ1v) is 3.83. The lowest BCUT2D eigenvalue weighted by atomic mass is 9.84. The molecular formula is C8H19NO. The molecule has 10 heavy (non-hydrogen) atoms. The molecule has 0 radical (unpaired) electrons. The highest BCUT2D eigenvalue weighted by atomic mass is 16.3. The maximum atomic E-state index is 9.53. The molecule has 0 aliphatic carbocycles. The van der Waals surface area contributed by atoms with Crippen LogP contribution in [0.25, 0.3) is 0 Å². The van der Waals surface area contributed by atoms with Crippen molar-refractivity contribution in [2.24, 2.45) is 11.1 Å². The number of aliphatic hydroxyl groups is 1. The summed E-state index contributed by atoms with van der Waals surface area (Å²) in [6, 6.07) is -0.0833. The van der Waals surface area contributed by atoms with E-state index < -0.39 is 6.10 Å². The van der Waals surface area contributed by atoms with E-state index in [1.54, 1.807) is 0 Å². The molecule has 3 N–H and O–H groups in total. The molecule has 0 heterocycles. The lowest BCUT2D eigenvalue weighted by Gasteiger charge is -2.30. The zero-order valence-corrected chi connectivity index (χ0v) is 7.39. The van der Waals surface area contributed by atoms with E-state index in [0.717, 1.165) is 6.42 Å². The number of rotatable bonds is 2. The fraction of sp³-hybridized carbons (Fsp3) is 1.00. The highest BCUT2D eigenvalue weighted by molar-refractivity contribution is 4.81. The number of aliphatic hydroxyl groups excluding tert-OH is 1. The van der Waals surface area contributed by atoms with Crippen LogP contribution in [0.1, 0.15) is 34.1 Å². The molecule has 62 valence electrons. The lowest BCUT2D eigenvalue weighted by molar-refractivity contribution is 0.0395. The monoisotopic (exact) mass is 145 g/mol. The summed E-state index contributed by atoms with van der Waals surface area (Å²) < 4.78 is 0. The van der Waals surface area contributed by atoms with Crippen LogP contribution in [-0.4, -0.2) is 17.3 Å². The fourth-order valence-corrected chi connectivity index (χ4v) is 0.865. The first-order chi connectivity index (χ1) is 4.39. The maximum Gasteiger partial charge on any atom is 0.0739 e. The van der Waals surface area contributed by atoms with Gasteiger partial charge in [0.1, 0.15) is 0 Å². The largest absolute Gasteiger partial charge is 0.391 e. The molecule has 2 heteroatoms. The summed E-state index contributed by atoms with van der Waals surface area (Å²) in [6.07, 6.45) is 0.441. The smallest absolute Gasteiger partial charge is 0.0739 e. The summed E-state index contributed by atoms with van der Waals surface area (Å²) in [7, 11) is 0. The van der Waals surface area contributed by atoms with Gasteiger partial charge in [-0.15, -0.1) is 0 Å². The lowest BCUT2D eigenvalue weighted by Crippen LogP contribution is -2.42. The van der Waals surface area contributed by atoms with E-state index in [9.17, 15) is 5.11 Å². The molecule has 0 rings (SSSR count). The molecule has 0 saturated carbocycles. The summed E-state index contributed by atoms with van der Waals surface area (Å²) in [5.41, 5.74) is 5.56. The minimum absolute atomic E-state index is 0.0833. The number of hydrogen-bond acceptors (Lipinski definition) is 2. The third kappa shape index (κ3) is 2.67. The minimum Gasteiger partial charge on any atom is -0.391 e. The second-order valence-electron chi connectivity index (χ2n) is 3.88. The van der Waals surface area contributed by atoms with E-state index in [-0.39, 0.29) is 11.5 Å². The van der Waals surface area contributed by atoms with Crippen LogP contribution in [0.4, 0.5) is 0 Å². The van der Waals surface area contributed by atoms with E-state index in [4.69, 9.17) is 5.73 Å². The molecule has 0 spiro atoms. The molecule has 2 atom stereocenters. The van der Waals surface area contributed by atoms with Crippen molar-refractivity contribution in [2.75, 3.05) is 0 Å². The minimum atomic E-state index is -0.391. The van der Waals surface area contributed by atoms with Crippen LogP contribution in [0.15, 0.2) is 0 Å².